The maximum atomic E-state index is 9.87. The molecule has 0 saturated carbocycles. The van der Waals surface area contributed by atoms with Gasteiger partial charge in [0.2, 0.25) is 0 Å². The number of morpholine rings is 1. The Kier molecular flexibility index (Phi) is 4.28. The van der Waals surface area contributed by atoms with Crippen molar-refractivity contribution in [3.63, 3.8) is 0 Å². The highest BCUT2D eigenvalue weighted by Gasteiger charge is 2.31. The van der Waals surface area contributed by atoms with E-state index in [-0.39, 0.29) is 6.10 Å². The molecule has 0 bridgehead atoms. The van der Waals surface area contributed by atoms with Crippen molar-refractivity contribution in [2.24, 2.45) is 0 Å². The molecule has 1 fully saturated rings. The van der Waals surface area contributed by atoms with Gasteiger partial charge >= 0.3 is 0 Å². The second-order valence-electron chi connectivity index (χ2n) is 5.41. The van der Waals surface area contributed by atoms with Crippen LogP contribution in [-0.4, -0.2) is 36.0 Å². The van der Waals surface area contributed by atoms with Gasteiger partial charge in [0.25, 0.3) is 0 Å². The largest absolute Gasteiger partial charge is 0.388 e. The second kappa shape index (κ2) is 5.57. The van der Waals surface area contributed by atoms with E-state index in [1.165, 1.54) is 5.56 Å². The highest BCUT2D eigenvalue weighted by Crippen LogP contribution is 2.17. The summed E-state index contributed by atoms with van der Waals surface area (Å²) in [6.07, 6.45) is 0.773. The van der Waals surface area contributed by atoms with Crippen molar-refractivity contribution in [2.75, 3.05) is 13.2 Å². The molecular weight excluding hydrogens is 250 g/mol. The van der Waals surface area contributed by atoms with E-state index >= 15 is 0 Å². The van der Waals surface area contributed by atoms with E-state index in [9.17, 15) is 5.11 Å². The molecule has 1 heterocycles. The van der Waals surface area contributed by atoms with Crippen molar-refractivity contribution in [3.05, 3.63) is 34.9 Å². The first-order chi connectivity index (χ1) is 8.45. The number of nitrogens with one attached hydrogen (secondary N) is 1. The Balaban J connectivity index is 1.85. The fraction of sp³-hybridized carbons (Fsp3) is 0.571. The van der Waals surface area contributed by atoms with Crippen molar-refractivity contribution in [1.29, 1.82) is 0 Å². The lowest BCUT2D eigenvalue weighted by Gasteiger charge is -2.36. The zero-order valence-electron chi connectivity index (χ0n) is 10.8. The second-order valence-corrected chi connectivity index (χ2v) is 5.85. The van der Waals surface area contributed by atoms with Gasteiger partial charge < -0.3 is 15.2 Å². The van der Waals surface area contributed by atoms with Gasteiger partial charge in [-0.25, -0.2) is 0 Å². The van der Waals surface area contributed by atoms with Crippen LogP contribution in [0.15, 0.2) is 24.3 Å². The third-order valence-electron chi connectivity index (χ3n) is 3.27. The lowest BCUT2D eigenvalue weighted by atomic mass is 9.98. The van der Waals surface area contributed by atoms with E-state index in [1.807, 2.05) is 24.3 Å². The monoisotopic (exact) mass is 269 g/mol. The van der Waals surface area contributed by atoms with E-state index < -0.39 is 5.60 Å². The van der Waals surface area contributed by atoms with Crippen molar-refractivity contribution in [3.8, 4) is 0 Å². The summed E-state index contributed by atoms with van der Waals surface area (Å²) in [6.45, 7) is 4.86. The number of ether oxygens (including phenoxy) is 1. The van der Waals surface area contributed by atoms with E-state index in [0.717, 1.165) is 11.4 Å². The average molecular weight is 270 g/mol. The summed E-state index contributed by atoms with van der Waals surface area (Å²) in [5.74, 6) is 0. The number of hydrogen-bond donors (Lipinski definition) is 2. The molecule has 2 N–H and O–H groups in total. The number of benzene rings is 1. The van der Waals surface area contributed by atoms with E-state index in [2.05, 4.69) is 5.32 Å². The first-order valence-electron chi connectivity index (χ1n) is 6.27. The Morgan fingerprint density at radius 1 is 1.39 bits per heavy atom. The molecule has 2 rings (SSSR count). The van der Waals surface area contributed by atoms with Crippen molar-refractivity contribution in [1.82, 2.24) is 5.32 Å². The van der Waals surface area contributed by atoms with E-state index in [4.69, 9.17) is 16.3 Å². The Morgan fingerprint density at radius 2 is 2.06 bits per heavy atom. The van der Waals surface area contributed by atoms with Gasteiger partial charge in [0.15, 0.2) is 0 Å². The Bertz CT molecular complexity index is 378. The van der Waals surface area contributed by atoms with Gasteiger partial charge in [-0.15, -0.1) is 0 Å². The predicted molar refractivity (Wildman–Crippen MR) is 73.0 cm³/mol. The third-order valence-corrected chi connectivity index (χ3v) is 3.53. The SMILES string of the molecule is CC(C)(O)[C@H]1CNC(Cc2ccc(Cl)cc2)CO1. The van der Waals surface area contributed by atoms with Crippen LogP contribution in [0.4, 0.5) is 0 Å². The number of halogens is 1. The van der Waals surface area contributed by atoms with Gasteiger partial charge in [0, 0.05) is 17.6 Å². The van der Waals surface area contributed by atoms with E-state index in [1.54, 1.807) is 13.8 Å². The molecule has 3 nitrogen and oxygen atoms in total. The minimum atomic E-state index is -0.793. The van der Waals surface area contributed by atoms with Gasteiger partial charge in [-0.1, -0.05) is 23.7 Å². The minimum absolute atomic E-state index is 0.140. The zero-order chi connectivity index (χ0) is 13.2. The van der Waals surface area contributed by atoms with E-state index in [0.29, 0.717) is 19.2 Å². The lowest BCUT2D eigenvalue weighted by Crippen LogP contribution is -2.54. The number of aliphatic hydroxyl groups is 1. The summed E-state index contributed by atoms with van der Waals surface area (Å²) in [5, 5.41) is 14.0. The molecule has 0 aromatic heterocycles. The minimum Gasteiger partial charge on any atom is -0.388 e. The molecule has 2 atom stereocenters. The van der Waals surface area contributed by atoms with Crippen LogP contribution in [0.2, 0.25) is 5.02 Å². The molecule has 1 aromatic rings. The molecule has 1 aliphatic heterocycles. The van der Waals surface area contributed by atoms with Crippen LogP contribution in [0.3, 0.4) is 0 Å². The van der Waals surface area contributed by atoms with Gasteiger partial charge in [-0.2, -0.15) is 0 Å². The Hall–Kier alpha value is -0.610. The Labute approximate surface area is 113 Å². The van der Waals surface area contributed by atoms with Crippen LogP contribution in [0.5, 0.6) is 0 Å². The fourth-order valence-corrected chi connectivity index (χ4v) is 2.24. The van der Waals surface area contributed by atoms with Gasteiger partial charge in [-0.3, -0.25) is 0 Å². The molecule has 1 saturated heterocycles. The summed E-state index contributed by atoms with van der Waals surface area (Å²) in [4.78, 5) is 0. The quantitative estimate of drug-likeness (QED) is 0.882. The summed E-state index contributed by atoms with van der Waals surface area (Å²) in [6, 6.07) is 8.17. The summed E-state index contributed by atoms with van der Waals surface area (Å²) < 4.78 is 5.71. The molecule has 4 heteroatoms. The summed E-state index contributed by atoms with van der Waals surface area (Å²) >= 11 is 5.86. The molecule has 1 unspecified atom stereocenters. The third kappa shape index (κ3) is 3.69. The molecular formula is C14H20ClNO2. The predicted octanol–water partition coefficient (Wildman–Crippen LogP) is 2.01. The Morgan fingerprint density at radius 3 is 2.56 bits per heavy atom. The van der Waals surface area contributed by atoms with Crippen LogP contribution in [0.25, 0.3) is 0 Å². The smallest absolute Gasteiger partial charge is 0.0981 e. The maximum absolute atomic E-state index is 9.87. The van der Waals surface area contributed by atoms with Gasteiger partial charge in [0.1, 0.15) is 0 Å². The molecule has 0 aliphatic carbocycles. The van der Waals surface area contributed by atoms with Crippen molar-refractivity contribution in [2.45, 2.75) is 38.0 Å². The van der Waals surface area contributed by atoms with Gasteiger partial charge in [0.05, 0.1) is 18.3 Å². The van der Waals surface area contributed by atoms with Crippen LogP contribution in [-0.2, 0) is 11.2 Å². The lowest BCUT2D eigenvalue weighted by molar-refractivity contribution is -0.109. The first-order valence-corrected chi connectivity index (χ1v) is 6.65. The molecule has 0 amide bonds. The summed E-state index contributed by atoms with van der Waals surface area (Å²) in [7, 11) is 0. The highest BCUT2D eigenvalue weighted by atomic mass is 35.5. The van der Waals surface area contributed by atoms with Crippen LogP contribution >= 0.6 is 11.6 Å². The molecule has 1 aliphatic rings. The van der Waals surface area contributed by atoms with Crippen molar-refractivity contribution >= 4 is 11.6 Å². The number of rotatable bonds is 3. The zero-order valence-corrected chi connectivity index (χ0v) is 11.6. The number of hydrogen-bond acceptors (Lipinski definition) is 3. The topological polar surface area (TPSA) is 41.5 Å². The van der Waals surface area contributed by atoms with Gasteiger partial charge in [-0.05, 0) is 38.0 Å². The van der Waals surface area contributed by atoms with Crippen LogP contribution in [0.1, 0.15) is 19.4 Å². The molecule has 18 heavy (non-hydrogen) atoms. The average Bonchev–Trinajstić information content (AvgIpc) is 2.32. The molecule has 0 radical (unpaired) electrons. The highest BCUT2D eigenvalue weighted by molar-refractivity contribution is 6.30. The normalized spacial score (nSPS) is 25.1. The van der Waals surface area contributed by atoms with Crippen molar-refractivity contribution < 1.29 is 9.84 Å². The molecule has 1 aromatic carbocycles. The molecule has 100 valence electrons. The molecule has 0 spiro atoms. The maximum Gasteiger partial charge on any atom is 0.0981 e. The standard InChI is InChI=1S/C14H20ClNO2/c1-14(2,17)13-8-16-12(9-18-13)7-10-3-5-11(15)6-4-10/h3-6,12-13,16-17H,7-9H2,1-2H3/t12?,13-/m1/s1. The fourth-order valence-electron chi connectivity index (χ4n) is 2.11. The van der Waals surface area contributed by atoms with Crippen LogP contribution in [0, 0.1) is 0 Å². The van der Waals surface area contributed by atoms with Crippen LogP contribution < -0.4 is 5.32 Å². The summed E-state index contributed by atoms with van der Waals surface area (Å²) in [5.41, 5.74) is 0.445. The first kappa shape index (κ1) is 13.8.